The molecule has 0 radical (unpaired) electrons. The quantitative estimate of drug-likeness (QED) is 0.0131. The first-order valence-electron chi connectivity index (χ1n) is 33.2. The van der Waals surface area contributed by atoms with Crippen LogP contribution in [0.3, 0.4) is 0 Å². The van der Waals surface area contributed by atoms with Crippen LogP contribution in [0.1, 0.15) is 138 Å². The van der Waals surface area contributed by atoms with Crippen LogP contribution in [0, 0.1) is 41.4 Å². The van der Waals surface area contributed by atoms with E-state index in [-0.39, 0.29) is 72.4 Å². The number of primary amides is 1. The fourth-order valence-corrected chi connectivity index (χ4v) is 17.9. The van der Waals surface area contributed by atoms with E-state index in [1.165, 1.54) is 31.4 Å². The van der Waals surface area contributed by atoms with E-state index in [4.69, 9.17) is 30.6 Å². The van der Waals surface area contributed by atoms with E-state index in [1.807, 2.05) is 78.7 Å². The number of imide groups is 1. The minimum atomic E-state index is -1.11. The lowest BCUT2D eigenvalue weighted by atomic mass is 9.35. The fraction of sp³-hybridized carbons (Fsp3) is 0.514. The number of nitrogens with one attached hydrogen (secondary N) is 5. The Balaban J connectivity index is 0.696. The number of para-hydroxylation sites is 1. The topological polar surface area (TPSA) is 311 Å². The van der Waals surface area contributed by atoms with Gasteiger partial charge in [-0.2, -0.15) is 5.10 Å². The number of hydrogen-bond donors (Lipinski definition) is 7. The lowest BCUT2D eigenvalue weighted by Crippen LogP contribution is -2.60. The molecular formula is C70H90N15O9S+. The molecule has 504 valence electrons. The zero-order valence-corrected chi connectivity index (χ0v) is 56.6. The van der Waals surface area contributed by atoms with Crippen molar-refractivity contribution >= 4 is 91.4 Å². The molecule has 8 N–H and O–H groups in total. The number of ether oxygens (including phenoxy) is 1. The third-order valence-electron chi connectivity index (χ3n) is 20.0. The molecule has 2 unspecified atom stereocenters. The summed E-state index contributed by atoms with van der Waals surface area (Å²) in [7, 11) is 4.53. The third-order valence-corrected chi connectivity index (χ3v) is 20.9. The van der Waals surface area contributed by atoms with E-state index in [0.29, 0.717) is 41.7 Å². The lowest BCUT2D eigenvalue weighted by molar-refractivity contribution is -0.903. The van der Waals surface area contributed by atoms with E-state index < -0.39 is 53.6 Å². The molecule has 0 spiro atoms. The molecule has 2 aliphatic heterocycles. The Kier molecular flexibility index (Phi) is 19.7. The number of aromatic nitrogens is 6. The van der Waals surface area contributed by atoms with Crippen LogP contribution in [0.2, 0.25) is 0 Å². The number of carbonyl (C=O) groups excluding carboxylic acids is 6. The molecule has 4 fully saturated rings. The van der Waals surface area contributed by atoms with Crippen LogP contribution >= 0.6 is 11.3 Å². The maximum Gasteiger partial charge on any atom is 0.355 e. The van der Waals surface area contributed by atoms with Gasteiger partial charge in [-0.3, -0.25) is 33.6 Å². The number of carboxylic acids is 1. The Morgan fingerprint density at radius 1 is 0.832 bits per heavy atom. The Hall–Kier alpha value is -8.68. The third kappa shape index (κ3) is 15.5. The summed E-state index contributed by atoms with van der Waals surface area (Å²) >= 11 is 1.56. The SMILES string of the molecule is Cc1c(Nc2nc3ccccc3s2)nnc2c1CCCN2c1ccc(-c2cnn(CC34CC5(CCC[N+](C)(C)Cc6ccc(NC(=O)[C@H](CCCNC(N)=O)NC(=O)[C@@H](NC(=O)CCOCCN7C(=O)C=CC7=O)C(C)C)cc6)C[C@@](C)(C3)C[C@](C)(C5)C4)c2C)c(C(=O)O)n1. The normalized spacial score (nSPS) is 21.9. The van der Waals surface area contributed by atoms with Crippen molar-refractivity contribution in [3.8, 4) is 11.1 Å². The number of quaternary nitrogens is 1. The molecule has 6 heterocycles. The molecule has 6 aromatic rings. The zero-order chi connectivity index (χ0) is 67.6. The number of nitrogens with two attached hydrogens (primary N) is 1. The molecular weight excluding hydrogens is 1230 g/mol. The Labute approximate surface area is 558 Å². The number of fused-ring (bicyclic) bond motifs is 2. The average Bonchev–Trinajstić information content (AvgIpc) is 0.824. The minimum Gasteiger partial charge on any atom is -0.476 e. The van der Waals surface area contributed by atoms with Gasteiger partial charge in [0.1, 0.15) is 24.4 Å². The predicted molar refractivity (Wildman–Crippen MR) is 363 cm³/mol. The summed E-state index contributed by atoms with van der Waals surface area (Å²) in [5.74, 6) is -1.93. The predicted octanol–water partition coefficient (Wildman–Crippen LogP) is 9.26. The molecule has 12 rings (SSSR count). The van der Waals surface area contributed by atoms with Crippen molar-refractivity contribution in [2.45, 2.75) is 150 Å². The van der Waals surface area contributed by atoms with Gasteiger partial charge in [0.15, 0.2) is 22.5 Å². The number of anilines is 5. The van der Waals surface area contributed by atoms with Crippen LogP contribution in [-0.2, 0) is 48.2 Å². The average molecular weight is 1320 g/mol. The van der Waals surface area contributed by atoms with E-state index in [1.54, 1.807) is 25.2 Å². The Morgan fingerprint density at radius 3 is 2.26 bits per heavy atom. The molecule has 4 aromatic heterocycles. The fourth-order valence-electron chi connectivity index (χ4n) is 17.0. The Bertz CT molecular complexity index is 3890. The standard InChI is InChI=1S/C70H89N15O9S/c1-43(2)58(78-55(86)26-32-94-33-30-83-56(87)24-25-57(83)88)63(90)75-52(16-11-28-72-65(71)93)62(89)74-47-20-18-46(19-21-47)35-85(7,8)31-13-27-69-37-67(5)36-68(6,38-69)40-70(39-67,41-69)42-84-45(4)50(34-73-84)49-22-23-54(77-59(49)64(91)92)82-29-12-14-48-44(3)60(80-81-61(48)82)79-66-76-51-15-9-10-17-53(51)95-66/h9-10,15,17-25,34,43,52,58H,11-14,16,26-33,35-42H2,1-8H3,(H7-,71,72,74,75,76,78,79,80,86,89,90,91,92,93)/p+1/t52-,58-,67-,68+,69?,70?/m0/s1. The van der Waals surface area contributed by atoms with E-state index in [2.05, 4.69) is 71.2 Å². The number of carboxylic acid groups (broad SMARTS) is 1. The monoisotopic (exact) mass is 1320 g/mol. The van der Waals surface area contributed by atoms with Crippen molar-refractivity contribution in [1.82, 2.24) is 50.8 Å². The molecule has 4 bridgehead atoms. The van der Waals surface area contributed by atoms with Crippen molar-refractivity contribution in [2.75, 3.05) is 69.0 Å². The van der Waals surface area contributed by atoms with E-state index >= 15 is 0 Å². The van der Waals surface area contributed by atoms with Gasteiger partial charge in [0.25, 0.3) is 11.8 Å². The summed E-state index contributed by atoms with van der Waals surface area (Å²) in [5.41, 5.74) is 12.7. The second-order valence-electron chi connectivity index (χ2n) is 29.1. The van der Waals surface area contributed by atoms with Crippen molar-refractivity contribution in [2.24, 2.45) is 33.3 Å². The number of amides is 7. The first-order valence-corrected chi connectivity index (χ1v) is 34.0. The zero-order valence-electron chi connectivity index (χ0n) is 55.8. The minimum absolute atomic E-state index is 0.00480. The van der Waals surface area contributed by atoms with E-state index in [9.17, 15) is 38.7 Å². The van der Waals surface area contributed by atoms with Gasteiger partial charge in [-0.05, 0) is 155 Å². The van der Waals surface area contributed by atoms with Gasteiger partial charge in [-0.25, -0.2) is 19.6 Å². The number of benzene rings is 2. The Morgan fingerprint density at radius 2 is 1.56 bits per heavy atom. The number of carbonyl (C=O) groups is 7. The summed E-state index contributed by atoms with van der Waals surface area (Å²) in [4.78, 5) is 102. The van der Waals surface area contributed by atoms with Crippen LogP contribution in [0.15, 0.2) is 79.0 Å². The second kappa shape index (κ2) is 27.6. The molecule has 6 aliphatic rings. The van der Waals surface area contributed by atoms with E-state index in [0.717, 1.165) is 117 Å². The van der Waals surface area contributed by atoms with Crippen LogP contribution in [-0.4, -0.2) is 152 Å². The van der Waals surface area contributed by atoms with Crippen LogP contribution in [0.25, 0.3) is 21.3 Å². The summed E-state index contributed by atoms with van der Waals surface area (Å²) in [5, 5.41) is 40.4. The van der Waals surface area contributed by atoms with Crippen LogP contribution in [0.4, 0.5) is 33.1 Å². The number of nitrogens with zero attached hydrogens (tertiary/aromatic N) is 9. The molecule has 7 amide bonds. The van der Waals surface area contributed by atoms with Crippen molar-refractivity contribution in [1.29, 1.82) is 0 Å². The number of rotatable bonds is 29. The maximum absolute atomic E-state index is 14.0. The highest BCUT2D eigenvalue weighted by Gasteiger charge is 2.65. The van der Waals surface area contributed by atoms with Gasteiger partial charge in [0.05, 0.1) is 56.8 Å². The van der Waals surface area contributed by atoms with Gasteiger partial charge in [-0.15, -0.1) is 10.2 Å². The second-order valence-corrected chi connectivity index (χ2v) is 30.1. The summed E-state index contributed by atoms with van der Waals surface area (Å²) < 4.78 is 9.49. The summed E-state index contributed by atoms with van der Waals surface area (Å²) in [6, 6.07) is 16.8. The molecule has 2 aromatic carbocycles. The highest BCUT2D eigenvalue weighted by Crippen LogP contribution is 2.75. The molecule has 95 heavy (non-hydrogen) atoms. The van der Waals surface area contributed by atoms with Gasteiger partial charge in [-0.1, -0.05) is 63.3 Å². The molecule has 4 saturated carbocycles. The molecule has 4 aliphatic carbocycles. The number of thiazole rings is 1. The number of aromatic carboxylic acids is 1. The molecule has 25 heteroatoms. The summed E-state index contributed by atoms with van der Waals surface area (Å²) in [6.45, 7) is 16.1. The van der Waals surface area contributed by atoms with Crippen LogP contribution < -0.4 is 37.2 Å². The molecule has 6 atom stereocenters. The van der Waals surface area contributed by atoms with Crippen LogP contribution in [0.5, 0.6) is 0 Å². The first kappa shape index (κ1) is 67.7. The highest BCUT2D eigenvalue weighted by atomic mass is 32.1. The van der Waals surface area contributed by atoms with Gasteiger partial charge in [0, 0.05) is 77.4 Å². The molecule has 0 saturated heterocycles. The molecule has 24 nitrogen and oxygen atoms in total. The smallest absolute Gasteiger partial charge is 0.355 e. The van der Waals surface area contributed by atoms with Gasteiger partial charge >= 0.3 is 12.0 Å². The first-order chi connectivity index (χ1) is 45.2. The van der Waals surface area contributed by atoms with Crippen molar-refractivity contribution in [3.63, 3.8) is 0 Å². The highest BCUT2D eigenvalue weighted by molar-refractivity contribution is 7.22. The number of urea groups is 1. The number of pyridine rings is 1. The maximum atomic E-state index is 14.0. The van der Waals surface area contributed by atoms with Crippen molar-refractivity contribution in [3.05, 3.63) is 107 Å². The van der Waals surface area contributed by atoms with Gasteiger partial charge < -0.3 is 51.5 Å². The van der Waals surface area contributed by atoms with Crippen molar-refractivity contribution < 1.29 is 47.9 Å². The summed E-state index contributed by atoms with van der Waals surface area (Å²) in [6.07, 6.45) is 15.5. The lowest BCUT2D eigenvalue weighted by Gasteiger charge is -2.70. The van der Waals surface area contributed by atoms with Gasteiger partial charge in [0.2, 0.25) is 17.7 Å². The number of hydrogen-bond acceptors (Lipinski definition) is 16. The largest absolute Gasteiger partial charge is 0.476 e.